The van der Waals surface area contributed by atoms with Crippen molar-refractivity contribution in [1.82, 2.24) is 24.8 Å². The van der Waals surface area contributed by atoms with Gasteiger partial charge in [0.25, 0.3) is 5.91 Å². The Morgan fingerprint density at radius 3 is 2.58 bits per heavy atom. The summed E-state index contributed by atoms with van der Waals surface area (Å²) in [4.78, 5) is 46.7. The Morgan fingerprint density at radius 1 is 1.12 bits per heavy atom. The number of piperazine rings is 1. The van der Waals surface area contributed by atoms with E-state index in [1.807, 2.05) is 0 Å². The van der Waals surface area contributed by atoms with Gasteiger partial charge in [0, 0.05) is 64.4 Å². The van der Waals surface area contributed by atoms with Crippen LogP contribution in [0, 0.1) is 0 Å². The number of ether oxygens (including phenoxy) is 1. The zero-order valence-corrected chi connectivity index (χ0v) is 23.3. The SMILES string of the molecule is COCCN1CCN(c2cc(C(=O)C[C@H](C)c3ncc(C(=O)Nc4cc(C(F)(F)F)c(Cl)cn4)s3)ncn2)CC1. The first-order valence-corrected chi connectivity index (χ1v) is 13.6. The molecular formula is C25H27ClF3N7O3S. The number of pyridine rings is 1. The average molecular weight is 598 g/mol. The molecular weight excluding hydrogens is 571 g/mol. The Balaban J connectivity index is 1.35. The van der Waals surface area contributed by atoms with Crippen molar-refractivity contribution >= 4 is 46.3 Å². The lowest BCUT2D eigenvalue weighted by Crippen LogP contribution is -2.47. The largest absolute Gasteiger partial charge is 0.418 e. The van der Waals surface area contributed by atoms with Crippen LogP contribution >= 0.6 is 22.9 Å². The molecule has 1 saturated heterocycles. The smallest absolute Gasteiger partial charge is 0.383 e. The summed E-state index contributed by atoms with van der Waals surface area (Å²) in [5.41, 5.74) is -0.809. The minimum absolute atomic E-state index is 0.101. The Kier molecular flexibility index (Phi) is 9.66. The van der Waals surface area contributed by atoms with Crippen LogP contribution in [0.5, 0.6) is 0 Å². The Bertz CT molecular complexity index is 1350. The van der Waals surface area contributed by atoms with Gasteiger partial charge >= 0.3 is 6.18 Å². The molecule has 0 spiro atoms. The first-order chi connectivity index (χ1) is 19.0. The van der Waals surface area contributed by atoms with Gasteiger partial charge in [-0.3, -0.25) is 14.5 Å². The molecule has 1 aliphatic heterocycles. The number of nitrogens with zero attached hydrogens (tertiary/aromatic N) is 6. The summed E-state index contributed by atoms with van der Waals surface area (Å²) in [6.45, 7) is 6.63. The number of carbonyl (C=O) groups excluding carboxylic acids is 2. The van der Waals surface area contributed by atoms with Crippen LogP contribution in [0.3, 0.4) is 0 Å². The fourth-order valence-electron chi connectivity index (χ4n) is 4.09. The highest BCUT2D eigenvalue weighted by Crippen LogP contribution is 2.35. The first kappa shape index (κ1) is 29.8. The summed E-state index contributed by atoms with van der Waals surface area (Å²) in [5.74, 6) is -0.799. The highest BCUT2D eigenvalue weighted by atomic mass is 35.5. The summed E-state index contributed by atoms with van der Waals surface area (Å²) >= 11 is 6.62. The Hall–Kier alpha value is -3.20. The number of carbonyl (C=O) groups is 2. The van der Waals surface area contributed by atoms with Gasteiger partial charge in [-0.25, -0.2) is 19.9 Å². The van der Waals surface area contributed by atoms with Crippen LogP contribution < -0.4 is 10.2 Å². The second-order valence-corrected chi connectivity index (χ2v) is 10.6. The number of rotatable bonds is 10. The molecule has 1 atom stereocenters. The molecule has 0 radical (unpaired) electrons. The number of amides is 1. The van der Waals surface area contributed by atoms with Crippen molar-refractivity contribution < 1.29 is 27.5 Å². The van der Waals surface area contributed by atoms with Crippen molar-refractivity contribution in [2.45, 2.75) is 25.4 Å². The van der Waals surface area contributed by atoms with Gasteiger partial charge < -0.3 is 15.0 Å². The van der Waals surface area contributed by atoms with Crippen LogP contribution in [-0.4, -0.2) is 83.0 Å². The molecule has 0 saturated carbocycles. The third-order valence-corrected chi connectivity index (χ3v) is 7.84. The van der Waals surface area contributed by atoms with Crippen molar-refractivity contribution in [1.29, 1.82) is 0 Å². The number of hydrogen-bond donors (Lipinski definition) is 1. The van der Waals surface area contributed by atoms with E-state index in [0.717, 1.165) is 50.3 Å². The molecule has 3 aromatic heterocycles. The third-order valence-electron chi connectivity index (χ3n) is 6.31. The second kappa shape index (κ2) is 13.0. The highest BCUT2D eigenvalue weighted by molar-refractivity contribution is 7.13. The van der Waals surface area contributed by atoms with Crippen LogP contribution in [0.2, 0.25) is 5.02 Å². The van der Waals surface area contributed by atoms with Crippen LogP contribution in [0.25, 0.3) is 0 Å². The lowest BCUT2D eigenvalue weighted by Gasteiger charge is -2.35. The van der Waals surface area contributed by atoms with Crippen LogP contribution in [-0.2, 0) is 10.9 Å². The first-order valence-electron chi connectivity index (χ1n) is 12.4. The summed E-state index contributed by atoms with van der Waals surface area (Å²) < 4.78 is 44.4. The number of Topliss-reactive ketones (excluding diaryl/α,β-unsaturated/α-hetero) is 1. The zero-order valence-electron chi connectivity index (χ0n) is 21.7. The molecule has 0 aliphatic carbocycles. The number of methoxy groups -OCH3 is 1. The van der Waals surface area contributed by atoms with Crippen LogP contribution in [0.15, 0.2) is 30.9 Å². The minimum Gasteiger partial charge on any atom is -0.383 e. The molecule has 0 aromatic carbocycles. The summed E-state index contributed by atoms with van der Waals surface area (Å²) in [6, 6.07) is 2.36. The van der Waals surface area contributed by atoms with E-state index >= 15 is 0 Å². The van der Waals surface area contributed by atoms with E-state index in [4.69, 9.17) is 16.3 Å². The molecule has 4 rings (SSSR count). The fourth-order valence-corrected chi connectivity index (χ4v) is 5.16. The van der Waals surface area contributed by atoms with Crippen molar-refractivity contribution in [3.8, 4) is 0 Å². The van der Waals surface area contributed by atoms with Gasteiger partial charge in [-0.2, -0.15) is 13.2 Å². The third kappa shape index (κ3) is 7.50. The number of ketones is 1. The van der Waals surface area contributed by atoms with E-state index in [1.54, 1.807) is 20.1 Å². The number of aromatic nitrogens is 4. The normalized spacial score (nSPS) is 15.2. The van der Waals surface area contributed by atoms with Crippen molar-refractivity contribution in [2.24, 2.45) is 0 Å². The second-order valence-electron chi connectivity index (χ2n) is 9.18. The summed E-state index contributed by atoms with van der Waals surface area (Å²) in [7, 11) is 1.68. The number of hydrogen-bond acceptors (Lipinski definition) is 10. The van der Waals surface area contributed by atoms with Gasteiger partial charge in [-0.05, 0) is 6.07 Å². The monoisotopic (exact) mass is 597 g/mol. The molecule has 0 bridgehead atoms. The average Bonchev–Trinajstić information content (AvgIpc) is 3.44. The summed E-state index contributed by atoms with van der Waals surface area (Å²) in [6.07, 6.45) is -1.07. The van der Waals surface area contributed by atoms with E-state index < -0.39 is 22.7 Å². The fraction of sp³-hybridized carbons (Fsp3) is 0.440. The quantitative estimate of drug-likeness (QED) is 0.340. The van der Waals surface area contributed by atoms with Gasteiger partial charge in [-0.1, -0.05) is 18.5 Å². The van der Waals surface area contributed by atoms with Gasteiger partial charge in [0.15, 0.2) is 5.78 Å². The van der Waals surface area contributed by atoms with Crippen molar-refractivity contribution in [2.75, 3.05) is 56.7 Å². The van der Waals surface area contributed by atoms with Crippen LogP contribution in [0.4, 0.5) is 24.8 Å². The highest BCUT2D eigenvalue weighted by Gasteiger charge is 2.34. The Morgan fingerprint density at radius 2 is 1.88 bits per heavy atom. The number of alkyl halides is 3. The predicted molar refractivity (Wildman–Crippen MR) is 144 cm³/mol. The molecule has 3 aromatic rings. The number of halogens is 4. The standard InChI is InChI=1S/C25H27ClF3N7O3S/c1-15(9-19(37)18-11-22(33-14-32-18)36-5-3-35(4-6-36)7-8-39-2)24-31-13-20(40-24)23(38)34-21-10-16(25(27,28)29)17(26)12-30-21/h10-15H,3-9H2,1-2H3,(H,30,34,38)/t15-/m0/s1. The molecule has 15 heteroatoms. The van der Waals surface area contributed by atoms with Gasteiger partial charge in [-0.15, -0.1) is 11.3 Å². The van der Waals surface area contributed by atoms with E-state index in [9.17, 15) is 22.8 Å². The van der Waals surface area contributed by atoms with Gasteiger partial charge in [0.1, 0.15) is 28.5 Å². The maximum atomic E-state index is 13.1. The molecule has 40 heavy (non-hydrogen) atoms. The summed E-state index contributed by atoms with van der Waals surface area (Å²) in [5, 5.41) is 2.29. The number of anilines is 2. The van der Waals surface area contributed by atoms with E-state index in [0.29, 0.717) is 29.2 Å². The zero-order chi connectivity index (χ0) is 28.9. The molecule has 214 valence electrons. The van der Waals surface area contributed by atoms with Gasteiger partial charge in [0.2, 0.25) is 0 Å². The Labute approximate surface area is 237 Å². The van der Waals surface area contributed by atoms with Gasteiger partial charge in [0.05, 0.1) is 28.4 Å². The van der Waals surface area contributed by atoms with E-state index in [1.165, 1.54) is 12.5 Å². The van der Waals surface area contributed by atoms with E-state index in [2.05, 4.69) is 35.1 Å². The molecule has 1 fully saturated rings. The maximum Gasteiger partial charge on any atom is 0.418 e. The molecule has 10 nitrogen and oxygen atoms in total. The number of thiazole rings is 1. The topological polar surface area (TPSA) is 113 Å². The lowest BCUT2D eigenvalue weighted by molar-refractivity contribution is -0.137. The van der Waals surface area contributed by atoms with E-state index in [-0.39, 0.29) is 28.8 Å². The number of nitrogens with one attached hydrogen (secondary N) is 1. The molecule has 1 amide bonds. The molecule has 1 aliphatic rings. The maximum absolute atomic E-state index is 13.1. The predicted octanol–water partition coefficient (Wildman–Crippen LogP) is 4.40. The lowest BCUT2D eigenvalue weighted by atomic mass is 10.0. The van der Waals surface area contributed by atoms with Crippen molar-refractivity contribution in [3.63, 3.8) is 0 Å². The van der Waals surface area contributed by atoms with Crippen LogP contribution in [0.1, 0.15) is 50.0 Å². The molecule has 0 unspecified atom stereocenters. The van der Waals surface area contributed by atoms with Crippen molar-refractivity contribution in [3.05, 3.63) is 57.0 Å². The minimum atomic E-state index is -4.69. The molecule has 4 heterocycles. The molecule has 1 N–H and O–H groups in total.